The topological polar surface area (TPSA) is 105 Å². The van der Waals surface area contributed by atoms with E-state index in [0.29, 0.717) is 32.1 Å². The van der Waals surface area contributed by atoms with Crippen LogP contribution < -0.4 is 10.6 Å². The van der Waals surface area contributed by atoms with Gasteiger partial charge in [0.25, 0.3) is 0 Å². The first-order valence-corrected chi connectivity index (χ1v) is 14.7. The molecule has 1 aliphatic heterocycles. The smallest absolute Gasteiger partial charge is 0.309 e. The highest BCUT2D eigenvalue weighted by molar-refractivity contribution is 5.86. The quantitative estimate of drug-likeness (QED) is 0.256. The molecule has 3 aromatic rings. The van der Waals surface area contributed by atoms with Gasteiger partial charge in [0.05, 0.1) is 31.0 Å². The third kappa shape index (κ3) is 9.70. The molecule has 1 heterocycles. The predicted octanol–water partition coefficient (Wildman–Crippen LogP) is 4.71. The Morgan fingerprint density at radius 3 is 2.19 bits per heavy atom. The van der Waals surface area contributed by atoms with Gasteiger partial charge in [-0.2, -0.15) is 0 Å². The highest BCUT2D eigenvalue weighted by atomic mass is 16.5. The molecule has 1 aliphatic rings. The second kappa shape index (κ2) is 16.3. The number of esters is 1. The zero-order chi connectivity index (χ0) is 29.6. The Balaban J connectivity index is 1.47. The van der Waals surface area contributed by atoms with Gasteiger partial charge in [-0.3, -0.25) is 14.4 Å². The SMILES string of the molecule is O=C(C[C@H]1CC=CCC[C@H](Cc2ccccc2)C(=O)O[C@H](c2ccccc2)CNC1=O)N[C@H](CO)Cc1ccccc1. The fourth-order valence-electron chi connectivity index (χ4n) is 5.20. The Bertz CT molecular complexity index is 1300. The monoisotopic (exact) mass is 568 g/mol. The summed E-state index contributed by atoms with van der Waals surface area (Å²) >= 11 is 0. The summed E-state index contributed by atoms with van der Waals surface area (Å²) in [6.45, 7) is -0.104. The first kappa shape index (κ1) is 30.7. The number of cyclic esters (lactones) is 1. The number of hydrogen-bond donors (Lipinski definition) is 3. The van der Waals surface area contributed by atoms with Crippen LogP contribution in [0.1, 0.15) is 48.5 Å². The number of rotatable bonds is 9. The molecule has 0 unspecified atom stereocenters. The Hall–Kier alpha value is -4.23. The molecule has 0 saturated heterocycles. The van der Waals surface area contributed by atoms with E-state index in [0.717, 1.165) is 16.7 Å². The number of allylic oxidation sites excluding steroid dienone is 2. The van der Waals surface area contributed by atoms with Gasteiger partial charge in [-0.1, -0.05) is 103 Å². The number of carbonyl (C=O) groups is 3. The van der Waals surface area contributed by atoms with Gasteiger partial charge in [0.1, 0.15) is 6.10 Å². The molecular weight excluding hydrogens is 528 g/mol. The molecular formula is C35H40N2O5. The number of nitrogens with one attached hydrogen (secondary N) is 2. The lowest BCUT2D eigenvalue weighted by atomic mass is 9.94. The maximum Gasteiger partial charge on any atom is 0.309 e. The van der Waals surface area contributed by atoms with E-state index < -0.39 is 18.1 Å². The molecule has 4 rings (SSSR count). The number of benzene rings is 3. The van der Waals surface area contributed by atoms with E-state index in [2.05, 4.69) is 10.6 Å². The average molecular weight is 569 g/mol. The van der Waals surface area contributed by atoms with Crippen LogP contribution in [0.15, 0.2) is 103 Å². The predicted molar refractivity (Wildman–Crippen MR) is 162 cm³/mol. The van der Waals surface area contributed by atoms with E-state index in [4.69, 9.17) is 4.74 Å². The molecule has 7 heteroatoms. The molecule has 0 aliphatic carbocycles. The van der Waals surface area contributed by atoms with E-state index in [-0.39, 0.29) is 43.3 Å². The summed E-state index contributed by atoms with van der Waals surface area (Å²) in [4.78, 5) is 39.8. The lowest BCUT2D eigenvalue weighted by Crippen LogP contribution is -2.42. The fourth-order valence-corrected chi connectivity index (χ4v) is 5.20. The average Bonchev–Trinajstić information content (AvgIpc) is 3.03. The largest absolute Gasteiger partial charge is 0.455 e. The summed E-state index contributed by atoms with van der Waals surface area (Å²) in [7, 11) is 0. The van der Waals surface area contributed by atoms with Crippen LogP contribution >= 0.6 is 0 Å². The molecule has 0 aromatic heterocycles. The van der Waals surface area contributed by atoms with E-state index >= 15 is 0 Å². The van der Waals surface area contributed by atoms with Crippen molar-refractivity contribution in [2.45, 2.75) is 50.7 Å². The number of hydrogen-bond acceptors (Lipinski definition) is 5. The van der Waals surface area contributed by atoms with E-state index in [1.807, 2.05) is 103 Å². The molecule has 0 fully saturated rings. The molecule has 2 amide bonds. The third-order valence-electron chi connectivity index (χ3n) is 7.53. The number of ether oxygens (including phenoxy) is 1. The lowest BCUT2D eigenvalue weighted by molar-refractivity contribution is -0.155. The minimum absolute atomic E-state index is 0.0200. The number of carbonyl (C=O) groups excluding carboxylic acids is 3. The molecule has 42 heavy (non-hydrogen) atoms. The van der Waals surface area contributed by atoms with Crippen molar-refractivity contribution in [3.63, 3.8) is 0 Å². The van der Waals surface area contributed by atoms with Crippen LogP contribution in [-0.4, -0.2) is 42.1 Å². The van der Waals surface area contributed by atoms with Crippen molar-refractivity contribution in [2.24, 2.45) is 11.8 Å². The molecule has 0 bridgehead atoms. The minimum Gasteiger partial charge on any atom is -0.455 e. The van der Waals surface area contributed by atoms with Gasteiger partial charge in [0.15, 0.2) is 0 Å². The lowest BCUT2D eigenvalue weighted by Gasteiger charge is -2.24. The third-order valence-corrected chi connectivity index (χ3v) is 7.53. The number of aliphatic hydroxyl groups is 1. The van der Waals surface area contributed by atoms with Gasteiger partial charge in [0.2, 0.25) is 11.8 Å². The van der Waals surface area contributed by atoms with E-state index in [9.17, 15) is 19.5 Å². The summed E-state index contributed by atoms with van der Waals surface area (Å²) in [5.74, 6) is -1.81. The van der Waals surface area contributed by atoms with Crippen molar-refractivity contribution in [2.75, 3.05) is 13.2 Å². The second-order valence-corrected chi connectivity index (χ2v) is 10.8. The highest BCUT2D eigenvalue weighted by Crippen LogP contribution is 2.24. The Morgan fingerprint density at radius 1 is 0.881 bits per heavy atom. The van der Waals surface area contributed by atoms with Gasteiger partial charge in [0, 0.05) is 6.42 Å². The summed E-state index contributed by atoms with van der Waals surface area (Å²) in [5, 5.41) is 15.7. The highest BCUT2D eigenvalue weighted by Gasteiger charge is 2.28. The summed E-state index contributed by atoms with van der Waals surface area (Å²) in [6, 6.07) is 28.5. The Labute approximate surface area is 248 Å². The first-order chi connectivity index (χ1) is 20.5. The fraction of sp³-hybridized carbons (Fsp3) is 0.343. The summed E-state index contributed by atoms with van der Waals surface area (Å²) in [5.41, 5.74) is 2.86. The van der Waals surface area contributed by atoms with Crippen molar-refractivity contribution in [3.05, 3.63) is 120 Å². The van der Waals surface area contributed by atoms with Gasteiger partial charge in [-0.25, -0.2) is 0 Å². The van der Waals surface area contributed by atoms with Gasteiger partial charge in [-0.15, -0.1) is 0 Å². The summed E-state index contributed by atoms with van der Waals surface area (Å²) < 4.78 is 6.04. The number of amides is 2. The van der Waals surface area contributed by atoms with Crippen molar-refractivity contribution >= 4 is 17.8 Å². The van der Waals surface area contributed by atoms with Crippen LogP contribution in [0.2, 0.25) is 0 Å². The maximum absolute atomic E-state index is 13.4. The first-order valence-electron chi connectivity index (χ1n) is 14.7. The second-order valence-electron chi connectivity index (χ2n) is 10.8. The van der Waals surface area contributed by atoms with Crippen molar-refractivity contribution in [1.82, 2.24) is 10.6 Å². The molecule has 7 nitrogen and oxygen atoms in total. The van der Waals surface area contributed by atoms with Crippen LogP contribution in [0.25, 0.3) is 0 Å². The van der Waals surface area contributed by atoms with E-state index in [1.54, 1.807) is 0 Å². The van der Waals surface area contributed by atoms with Crippen LogP contribution in [0.5, 0.6) is 0 Å². The zero-order valence-corrected chi connectivity index (χ0v) is 23.9. The number of aliphatic hydroxyl groups excluding tert-OH is 1. The Kier molecular flexibility index (Phi) is 11.9. The molecule has 220 valence electrons. The van der Waals surface area contributed by atoms with Crippen molar-refractivity contribution < 1.29 is 24.2 Å². The van der Waals surface area contributed by atoms with Crippen molar-refractivity contribution in [3.8, 4) is 0 Å². The van der Waals surface area contributed by atoms with Crippen LogP contribution in [0, 0.1) is 11.8 Å². The zero-order valence-electron chi connectivity index (χ0n) is 23.9. The molecule has 3 aromatic carbocycles. The molecule has 3 N–H and O–H groups in total. The standard InChI is InChI=1S/C35H40N2O5/c38-25-31(22-27-15-7-2-8-16-27)37-33(39)23-29-19-11-4-12-20-30(21-26-13-5-1-6-14-26)35(41)42-32(24-36-34(29)40)28-17-9-3-10-18-28/h1-11,13-18,29-32,38H,12,19-25H2,(H,36,40)(H,37,39)/t29-,30-,31+,32+/m1/s1. The molecule has 0 spiro atoms. The minimum atomic E-state index is -0.659. The maximum atomic E-state index is 13.4. The normalized spacial score (nSPS) is 20.6. The Morgan fingerprint density at radius 2 is 1.52 bits per heavy atom. The van der Waals surface area contributed by atoms with Crippen molar-refractivity contribution in [1.29, 1.82) is 0 Å². The van der Waals surface area contributed by atoms with Gasteiger partial charge < -0.3 is 20.5 Å². The van der Waals surface area contributed by atoms with Crippen LogP contribution in [0.4, 0.5) is 0 Å². The van der Waals surface area contributed by atoms with Crippen LogP contribution in [0.3, 0.4) is 0 Å². The van der Waals surface area contributed by atoms with Crippen LogP contribution in [-0.2, 0) is 32.0 Å². The summed E-state index contributed by atoms with van der Waals surface area (Å²) in [6.07, 6.45) is 5.92. The molecule has 0 saturated carbocycles. The van der Waals surface area contributed by atoms with E-state index in [1.165, 1.54) is 0 Å². The van der Waals surface area contributed by atoms with Gasteiger partial charge in [-0.05, 0) is 48.8 Å². The molecule has 4 atom stereocenters. The molecule has 0 radical (unpaired) electrons. The van der Waals surface area contributed by atoms with Gasteiger partial charge >= 0.3 is 5.97 Å².